The molecule has 2 rings (SSSR count). The van der Waals surface area contributed by atoms with Gasteiger partial charge in [0.25, 0.3) is 0 Å². The highest BCUT2D eigenvalue weighted by molar-refractivity contribution is 9.10. The van der Waals surface area contributed by atoms with Crippen LogP contribution in [0.15, 0.2) is 40.2 Å². The minimum absolute atomic E-state index is 0.627. The van der Waals surface area contributed by atoms with Crippen LogP contribution in [0.5, 0.6) is 5.75 Å². The fourth-order valence-electron chi connectivity index (χ4n) is 1.40. The Balaban J connectivity index is 1.93. The van der Waals surface area contributed by atoms with Crippen LogP contribution >= 0.6 is 27.3 Å². The van der Waals surface area contributed by atoms with Crippen molar-refractivity contribution in [1.82, 2.24) is 0 Å². The van der Waals surface area contributed by atoms with Crippen LogP contribution in [-0.4, -0.2) is 6.61 Å². The Morgan fingerprint density at radius 2 is 2.24 bits per heavy atom. The van der Waals surface area contributed by atoms with Crippen LogP contribution in [0.3, 0.4) is 0 Å². The standard InChI is InChI=1S/C13H10BrNOS/c14-12-8-10(9-15)3-4-13(12)16-6-5-11-2-1-7-17-11/h1-4,7-8H,5-6H2. The smallest absolute Gasteiger partial charge is 0.133 e. The fourth-order valence-corrected chi connectivity index (χ4v) is 2.59. The number of halogens is 1. The van der Waals surface area contributed by atoms with Crippen LogP contribution in [0, 0.1) is 11.3 Å². The molecule has 1 aromatic heterocycles. The monoisotopic (exact) mass is 307 g/mol. The first-order chi connectivity index (χ1) is 8.29. The van der Waals surface area contributed by atoms with E-state index in [-0.39, 0.29) is 0 Å². The number of hydrogen-bond donors (Lipinski definition) is 0. The summed E-state index contributed by atoms with van der Waals surface area (Å²) in [6.07, 6.45) is 0.907. The molecule has 0 saturated heterocycles. The number of hydrogen-bond acceptors (Lipinski definition) is 3. The minimum Gasteiger partial charge on any atom is -0.492 e. The van der Waals surface area contributed by atoms with Gasteiger partial charge in [0.1, 0.15) is 5.75 Å². The molecule has 86 valence electrons. The third-order valence-corrected chi connectivity index (χ3v) is 3.80. The van der Waals surface area contributed by atoms with Crippen molar-refractivity contribution in [2.24, 2.45) is 0 Å². The maximum absolute atomic E-state index is 8.74. The summed E-state index contributed by atoms with van der Waals surface area (Å²) in [7, 11) is 0. The molecule has 0 unspecified atom stereocenters. The molecule has 0 atom stereocenters. The van der Waals surface area contributed by atoms with Crippen molar-refractivity contribution in [1.29, 1.82) is 5.26 Å². The van der Waals surface area contributed by atoms with E-state index in [2.05, 4.69) is 33.4 Å². The molecule has 1 aromatic carbocycles. The molecule has 0 aliphatic heterocycles. The van der Waals surface area contributed by atoms with Gasteiger partial charge in [0.15, 0.2) is 0 Å². The van der Waals surface area contributed by atoms with Gasteiger partial charge in [-0.3, -0.25) is 0 Å². The largest absolute Gasteiger partial charge is 0.492 e. The second kappa shape index (κ2) is 5.85. The summed E-state index contributed by atoms with van der Waals surface area (Å²) >= 11 is 5.13. The van der Waals surface area contributed by atoms with E-state index < -0.39 is 0 Å². The Morgan fingerprint density at radius 1 is 1.35 bits per heavy atom. The fraction of sp³-hybridized carbons (Fsp3) is 0.154. The van der Waals surface area contributed by atoms with E-state index in [4.69, 9.17) is 10.00 Å². The van der Waals surface area contributed by atoms with Gasteiger partial charge in [-0.15, -0.1) is 11.3 Å². The van der Waals surface area contributed by atoms with E-state index in [1.165, 1.54) is 4.88 Å². The summed E-state index contributed by atoms with van der Waals surface area (Å²) in [6, 6.07) is 11.6. The molecular formula is C13H10BrNOS. The van der Waals surface area contributed by atoms with Gasteiger partial charge in [-0.1, -0.05) is 6.07 Å². The predicted molar refractivity (Wildman–Crippen MR) is 72.4 cm³/mol. The van der Waals surface area contributed by atoms with Gasteiger partial charge >= 0.3 is 0 Å². The molecule has 2 aromatic rings. The topological polar surface area (TPSA) is 33.0 Å². The Bertz CT molecular complexity index is 531. The lowest BCUT2D eigenvalue weighted by Gasteiger charge is -2.07. The highest BCUT2D eigenvalue weighted by Crippen LogP contribution is 2.26. The summed E-state index contributed by atoms with van der Waals surface area (Å²) in [4.78, 5) is 1.31. The second-order valence-corrected chi connectivity index (χ2v) is 5.32. The highest BCUT2D eigenvalue weighted by atomic mass is 79.9. The van der Waals surface area contributed by atoms with Crippen molar-refractivity contribution < 1.29 is 4.74 Å². The number of nitriles is 1. The number of rotatable bonds is 4. The number of ether oxygens (including phenoxy) is 1. The molecule has 17 heavy (non-hydrogen) atoms. The van der Waals surface area contributed by atoms with Crippen LogP contribution in [0.1, 0.15) is 10.4 Å². The van der Waals surface area contributed by atoms with E-state index in [0.717, 1.165) is 16.6 Å². The SMILES string of the molecule is N#Cc1ccc(OCCc2cccs2)c(Br)c1. The normalized spacial score (nSPS) is 9.88. The lowest BCUT2D eigenvalue weighted by atomic mass is 10.2. The van der Waals surface area contributed by atoms with Crippen LogP contribution < -0.4 is 4.74 Å². The van der Waals surface area contributed by atoms with Crippen molar-refractivity contribution in [3.8, 4) is 11.8 Å². The lowest BCUT2D eigenvalue weighted by Crippen LogP contribution is -2.00. The zero-order valence-electron chi connectivity index (χ0n) is 9.02. The Kier molecular flexibility index (Phi) is 4.18. The molecule has 0 radical (unpaired) electrons. The molecule has 0 aliphatic rings. The lowest BCUT2D eigenvalue weighted by molar-refractivity contribution is 0.321. The first kappa shape index (κ1) is 12.2. The van der Waals surface area contributed by atoms with E-state index in [1.807, 2.05) is 12.1 Å². The van der Waals surface area contributed by atoms with E-state index >= 15 is 0 Å². The minimum atomic E-state index is 0.627. The van der Waals surface area contributed by atoms with Gasteiger partial charge < -0.3 is 4.74 Å². The maximum Gasteiger partial charge on any atom is 0.133 e. The Labute approximate surface area is 113 Å². The maximum atomic E-state index is 8.74. The first-order valence-corrected chi connectivity index (χ1v) is 6.81. The molecule has 2 nitrogen and oxygen atoms in total. The molecule has 0 aliphatic carbocycles. The van der Waals surface area contributed by atoms with Crippen LogP contribution in [0.25, 0.3) is 0 Å². The van der Waals surface area contributed by atoms with Crippen molar-refractivity contribution in [3.05, 3.63) is 50.6 Å². The number of benzene rings is 1. The van der Waals surface area contributed by atoms with Crippen molar-refractivity contribution in [3.63, 3.8) is 0 Å². The van der Waals surface area contributed by atoms with Gasteiger partial charge in [-0.25, -0.2) is 0 Å². The quantitative estimate of drug-likeness (QED) is 0.855. The van der Waals surface area contributed by atoms with Gasteiger partial charge in [-0.05, 0) is 45.6 Å². The zero-order valence-corrected chi connectivity index (χ0v) is 11.4. The van der Waals surface area contributed by atoms with Crippen LogP contribution in [0.4, 0.5) is 0 Å². The average Bonchev–Trinajstić information content (AvgIpc) is 2.84. The summed E-state index contributed by atoms with van der Waals surface area (Å²) in [5, 5.41) is 10.8. The van der Waals surface area contributed by atoms with Crippen molar-refractivity contribution in [2.45, 2.75) is 6.42 Å². The van der Waals surface area contributed by atoms with Gasteiger partial charge in [-0.2, -0.15) is 5.26 Å². The van der Waals surface area contributed by atoms with E-state index in [1.54, 1.807) is 23.5 Å². The molecule has 0 N–H and O–H groups in total. The summed E-state index contributed by atoms with van der Waals surface area (Å²) in [5.41, 5.74) is 0.627. The highest BCUT2D eigenvalue weighted by Gasteiger charge is 2.02. The molecule has 0 amide bonds. The third-order valence-electron chi connectivity index (χ3n) is 2.25. The van der Waals surface area contributed by atoms with E-state index in [0.29, 0.717) is 12.2 Å². The van der Waals surface area contributed by atoms with E-state index in [9.17, 15) is 0 Å². The molecule has 0 saturated carbocycles. The van der Waals surface area contributed by atoms with Gasteiger partial charge in [0.05, 0.1) is 22.7 Å². The number of thiophene rings is 1. The molecule has 0 spiro atoms. The van der Waals surface area contributed by atoms with Gasteiger partial charge in [0, 0.05) is 11.3 Å². The molecular weight excluding hydrogens is 298 g/mol. The molecule has 0 fully saturated rings. The Hall–Kier alpha value is -1.31. The average molecular weight is 308 g/mol. The van der Waals surface area contributed by atoms with Crippen LogP contribution in [0.2, 0.25) is 0 Å². The number of nitrogens with zero attached hydrogens (tertiary/aromatic N) is 1. The Morgan fingerprint density at radius 3 is 2.88 bits per heavy atom. The summed E-state index contributed by atoms with van der Waals surface area (Å²) < 4.78 is 6.48. The van der Waals surface area contributed by atoms with Crippen LogP contribution in [-0.2, 0) is 6.42 Å². The van der Waals surface area contributed by atoms with Gasteiger partial charge in [0.2, 0.25) is 0 Å². The third kappa shape index (κ3) is 3.32. The second-order valence-electron chi connectivity index (χ2n) is 3.43. The summed E-state index contributed by atoms with van der Waals surface area (Å²) in [5.74, 6) is 0.778. The zero-order chi connectivity index (χ0) is 12.1. The van der Waals surface area contributed by atoms with Crippen molar-refractivity contribution in [2.75, 3.05) is 6.61 Å². The first-order valence-electron chi connectivity index (χ1n) is 5.14. The van der Waals surface area contributed by atoms with Crippen molar-refractivity contribution >= 4 is 27.3 Å². The molecule has 4 heteroatoms. The molecule has 1 heterocycles. The molecule has 0 bridgehead atoms. The summed E-state index contributed by atoms with van der Waals surface area (Å²) in [6.45, 7) is 0.644. The predicted octanol–water partition coefficient (Wildman–Crippen LogP) is 4.00.